The molecule has 1 atom stereocenters. The van der Waals surface area contributed by atoms with Crippen molar-refractivity contribution in [1.82, 2.24) is 4.90 Å². The molecule has 0 fully saturated rings. The van der Waals surface area contributed by atoms with Crippen LogP contribution < -0.4 is 18.5 Å². The largest absolute Gasteiger partial charge is 0.493 e. The van der Waals surface area contributed by atoms with Gasteiger partial charge in [0.1, 0.15) is 17.5 Å². The van der Waals surface area contributed by atoms with Crippen molar-refractivity contribution in [1.29, 1.82) is 0 Å². The van der Waals surface area contributed by atoms with Gasteiger partial charge >= 0.3 is 0 Å². The highest BCUT2D eigenvalue weighted by Gasteiger charge is 2.31. The molecule has 0 radical (unpaired) electrons. The molecule has 0 aliphatic carbocycles. The van der Waals surface area contributed by atoms with Gasteiger partial charge in [0, 0.05) is 13.6 Å². The van der Waals surface area contributed by atoms with Crippen molar-refractivity contribution in [3.8, 4) is 23.0 Å². The number of benzene rings is 3. The van der Waals surface area contributed by atoms with Gasteiger partial charge in [0.2, 0.25) is 15.9 Å². The molecule has 0 unspecified atom stereocenters. The summed E-state index contributed by atoms with van der Waals surface area (Å²) in [4.78, 5) is 14.7. The molecule has 0 saturated heterocycles. The van der Waals surface area contributed by atoms with Crippen molar-refractivity contribution in [2.75, 3.05) is 31.8 Å². The lowest BCUT2D eigenvalue weighted by Gasteiger charge is -2.31. The molecule has 3 aromatic carbocycles. The smallest absolute Gasteiger partial charge is 0.246 e. The summed E-state index contributed by atoms with van der Waals surface area (Å²) >= 11 is 0. The Bertz CT molecular complexity index is 1250. The summed E-state index contributed by atoms with van der Waals surface area (Å²) in [5, 5.41) is 0. The second-order valence-electron chi connectivity index (χ2n) is 8.03. The van der Waals surface area contributed by atoms with Gasteiger partial charge in [0.25, 0.3) is 0 Å². The number of carbonyl (C=O) groups is 1. The molecule has 3 aromatic rings. The molecule has 0 bridgehead atoms. The van der Waals surface area contributed by atoms with Crippen LogP contribution in [0, 0.1) is 0 Å². The Balaban J connectivity index is 1.78. The third-order valence-corrected chi connectivity index (χ3v) is 6.62. The first-order valence-electron chi connectivity index (χ1n) is 10.9. The van der Waals surface area contributed by atoms with Gasteiger partial charge in [0.15, 0.2) is 11.5 Å². The minimum absolute atomic E-state index is 0.269. The number of hydrogen-bond donors (Lipinski definition) is 0. The molecule has 8 nitrogen and oxygen atoms in total. The average Bonchev–Trinajstić information content (AvgIpc) is 2.84. The molecule has 186 valence electrons. The molecule has 0 saturated carbocycles. The summed E-state index contributed by atoms with van der Waals surface area (Å²) in [7, 11) is 0.971. The van der Waals surface area contributed by atoms with Crippen molar-refractivity contribution < 1.29 is 27.4 Å². The Labute approximate surface area is 206 Å². The van der Waals surface area contributed by atoms with Gasteiger partial charge in [0.05, 0.1) is 26.2 Å². The summed E-state index contributed by atoms with van der Waals surface area (Å²) < 4.78 is 42.8. The summed E-state index contributed by atoms with van der Waals surface area (Å²) in [5.41, 5.74) is 1.19. The molecule has 3 rings (SSSR count). The molecule has 0 spiro atoms. The van der Waals surface area contributed by atoms with E-state index < -0.39 is 16.1 Å². The van der Waals surface area contributed by atoms with Gasteiger partial charge < -0.3 is 19.1 Å². The van der Waals surface area contributed by atoms with Gasteiger partial charge in [-0.25, -0.2) is 8.42 Å². The predicted octanol–water partition coefficient (Wildman–Crippen LogP) is 4.31. The average molecular weight is 499 g/mol. The first-order chi connectivity index (χ1) is 16.6. The lowest BCUT2D eigenvalue weighted by Crippen LogP contribution is -2.48. The Morgan fingerprint density at radius 1 is 0.886 bits per heavy atom. The van der Waals surface area contributed by atoms with E-state index in [0.29, 0.717) is 28.7 Å². The Kier molecular flexibility index (Phi) is 8.24. The zero-order valence-electron chi connectivity index (χ0n) is 20.5. The van der Waals surface area contributed by atoms with Crippen LogP contribution in [0.2, 0.25) is 0 Å². The van der Waals surface area contributed by atoms with Crippen LogP contribution in [-0.2, 0) is 21.4 Å². The molecule has 0 aromatic heterocycles. The number of anilines is 1. The van der Waals surface area contributed by atoms with E-state index >= 15 is 0 Å². The Morgan fingerprint density at radius 2 is 1.49 bits per heavy atom. The summed E-state index contributed by atoms with van der Waals surface area (Å²) in [5.74, 6) is 2.00. The van der Waals surface area contributed by atoms with Crippen LogP contribution in [0.1, 0.15) is 12.5 Å². The second-order valence-corrected chi connectivity index (χ2v) is 9.89. The van der Waals surface area contributed by atoms with Crippen LogP contribution >= 0.6 is 0 Å². The van der Waals surface area contributed by atoms with Gasteiger partial charge in [-0.05, 0) is 61.0 Å². The minimum Gasteiger partial charge on any atom is -0.493 e. The van der Waals surface area contributed by atoms with Gasteiger partial charge in [-0.1, -0.05) is 24.3 Å². The number of carbonyl (C=O) groups excluding carboxylic acids is 1. The lowest BCUT2D eigenvalue weighted by molar-refractivity contribution is -0.131. The van der Waals surface area contributed by atoms with Crippen molar-refractivity contribution in [3.05, 3.63) is 78.4 Å². The fourth-order valence-electron chi connectivity index (χ4n) is 3.74. The topological polar surface area (TPSA) is 85.4 Å². The zero-order chi connectivity index (χ0) is 25.6. The highest BCUT2D eigenvalue weighted by atomic mass is 32.2. The van der Waals surface area contributed by atoms with E-state index in [1.807, 2.05) is 36.4 Å². The number of methoxy groups -OCH3 is 2. The maximum absolute atomic E-state index is 13.2. The molecule has 0 N–H and O–H groups in total. The van der Waals surface area contributed by atoms with Crippen molar-refractivity contribution in [2.24, 2.45) is 0 Å². The molecule has 0 aliphatic heterocycles. The predicted molar refractivity (Wildman–Crippen MR) is 136 cm³/mol. The van der Waals surface area contributed by atoms with E-state index in [2.05, 4.69) is 0 Å². The van der Waals surface area contributed by atoms with Gasteiger partial charge in [-0.2, -0.15) is 0 Å². The monoisotopic (exact) mass is 498 g/mol. The fraction of sp³-hybridized carbons (Fsp3) is 0.269. The maximum Gasteiger partial charge on any atom is 0.246 e. The molecule has 1 amide bonds. The third-order valence-electron chi connectivity index (χ3n) is 5.38. The number of likely N-dealkylation sites (N-methyl/N-ethyl adjacent to an activating group) is 1. The summed E-state index contributed by atoms with van der Waals surface area (Å²) in [6.45, 7) is 1.84. The molecule has 35 heavy (non-hydrogen) atoms. The highest BCUT2D eigenvalue weighted by molar-refractivity contribution is 7.92. The van der Waals surface area contributed by atoms with E-state index in [1.54, 1.807) is 64.6 Å². The van der Waals surface area contributed by atoms with Crippen LogP contribution in [0.4, 0.5) is 5.69 Å². The van der Waals surface area contributed by atoms with Crippen LogP contribution in [0.15, 0.2) is 72.8 Å². The first-order valence-corrected chi connectivity index (χ1v) is 12.8. The number of sulfonamides is 1. The van der Waals surface area contributed by atoms with E-state index in [9.17, 15) is 13.2 Å². The number of amides is 1. The first kappa shape index (κ1) is 25.9. The van der Waals surface area contributed by atoms with Crippen LogP contribution in [-0.4, -0.2) is 52.8 Å². The number of nitrogens with zero attached hydrogens (tertiary/aromatic N) is 2. The Morgan fingerprint density at radius 3 is 2.06 bits per heavy atom. The molecular formula is C26H30N2O6S. The van der Waals surface area contributed by atoms with E-state index in [-0.39, 0.29) is 12.5 Å². The molecule has 0 heterocycles. The van der Waals surface area contributed by atoms with E-state index in [0.717, 1.165) is 16.1 Å². The van der Waals surface area contributed by atoms with E-state index in [1.165, 1.54) is 4.90 Å². The number of hydrogen-bond acceptors (Lipinski definition) is 6. The van der Waals surface area contributed by atoms with Crippen LogP contribution in [0.5, 0.6) is 23.0 Å². The zero-order valence-corrected chi connectivity index (χ0v) is 21.3. The fourth-order valence-corrected chi connectivity index (χ4v) is 4.91. The molecular weight excluding hydrogens is 468 g/mol. The van der Waals surface area contributed by atoms with Crippen molar-refractivity contribution in [2.45, 2.75) is 19.5 Å². The third kappa shape index (κ3) is 6.45. The summed E-state index contributed by atoms with van der Waals surface area (Å²) in [6.07, 6.45) is 1.08. The lowest BCUT2D eigenvalue weighted by atomic mass is 10.1. The minimum atomic E-state index is -3.75. The summed E-state index contributed by atoms with van der Waals surface area (Å²) in [6, 6.07) is 20.3. The molecule has 9 heteroatoms. The Hall–Kier alpha value is -3.72. The SMILES string of the molecule is COc1ccc(CN(C)C(=O)[C@H](C)N(c2ccc(Oc3ccccc3)cc2)S(C)(=O)=O)cc1OC. The number of rotatable bonds is 10. The normalized spacial score (nSPS) is 11.9. The number of para-hydroxylation sites is 1. The van der Waals surface area contributed by atoms with E-state index in [4.69, 9.17) is 14.2 Å². The van der Waals surface area contributed by atoms with Crippen LogP contribution in [0.3, 0.4) is 0 Å². The van der Waals surface area contributed by atoms with Gasteiger partial charge in [-0.3, -0.25) is 9.10 Å². The quantitative estimate of drug-likeness (QED) is 0.414. The van der Waals surface area contributed by atoms with Crippen LogP contribution in [0.25, 0.3) is 0 Å². The maximum atomic E-state index is 13.2. The number of ether oxygens (including phenoxy) is 3. The second kappa shape index (κ2) is 11.1. The standard InChI is InChI=1S/C26H30N2O6S/c1-19(26(29)27(2)18-20-11-16-24(32-3)25(17-20)33-4)28(35(5,30)31)21-12-14-23(15-13-21)34-22-9-7-6-8-10-22/h6-17,19H,18H2,1-5H3/t19-/m0/s1. The highest BCUT2D eigenvalue weighted by Crippen LogP contribution is 2.29. The van der Waals surface area contributed by atoms with Gasteiger partial charge in [-0.15, -0.1) is 0 Å². The molecule has 0 aliphatic rings. The van der Waals surface area contributed by atoms with Crippen molar-refractivity contribution >= 4 is 21.6 Å². The van der Waals surface area contributed by atoms with Crippen molar-refractivity contribution in [3.63, 3.8) is 0 Å².